The van der Waals surface area contributed by atoms with Gasteiger partial charge in [-0.3, -0.25) is 9.59 Å². The Morgan fingerprint density at radius 1 is 1.33 bits per heavy atom. The smallest absolute Gasteiger partial charge is 0.307 e. The van der Waals surface area contributed by atoms with Crippen molar-refractivity contribution in [3.63, 3.8) is 0 Å². The van der Waals surface area contributed by atoms with Crippen molar-refractivity contribution in [2.45, 2.75) is 26.7 Å². The Hall–Kier alpha value is -1.83. The highest BCUT2D eigenvalue weighted by Crippen LogP contribution is 2.48. The van der Waals surface area contributed by atoms with Crippen LogP contribution in [0.4, 0.5) is 0 Å². The fraction of sp³-hybridized carbons (Fsp3) is 0.688. The maximum atomic E-state index is 12.8. The van der Waals surface area contributed by atoms with Gasteiger partial charge in [-0.2, -0.15) is 5.26 Å². The van der Waals surface area contributed by atoms with E-state index >= 15 is 0 Å². The van der Waals surface area contributed by atoms with Gasteiger partial charge in [-0.05, 0) is 24.2 Å². The molecule has 0 heterocycles. The van der Waals surface area contributed by atoms with Gasteiger partial charge in [0.05, 0.1) is 24.3 Å². The van der Waals surface area contributed by atoms with Gasteiger partial charge in [0.15, 0.2) is 0 Å². The minimum atomic E-state index is -0.880. The molecule has 0 aliphatic heterocycles. The monoisotopic (exact) mass is 290 g/mol. The Morgan fingerprint density at radius 2 is 1.95 bits per heavy atom. The average Bonchev–Trinajstić information content (AvgIpc) is 3.02. The number of carboxylic acid groups (broad SMARTS) is 1. The van der Waals surface area contributed by atoms with Crippen molar-refractivity contribution in [3.05, 3.63) is 12.2 Å². The number of fused-ring (bicyclic) bond motifs is 2. The highest BCUT2D eigenvalue weighted by molar-refractivity contribution is 5.87. The van der Waals surface area contributed by atoms with E-state index < -0.39 is 17.8 Å². The molecule has 2 aliphatic rings. The van der Waals surface area contributed by atoms with Crippen molar-refractivity contribution in [3.8, 4) is 6.07 Å². The summed E-state index contributed by atoms with van der Waals surface area (Å²) in [4.78, 5) is 26.0. The molecule has 1 saturated carbocycles. The zero-order chi connectivity index (χ0) is 15.6. The van der Waals surface area contributed by atoms with Crippen molar-refractivity contribution in [2.24, 2.45) is 29.6 Å². The molecule has 5 nitrogen and oxygen atoms in total. The lowest BCUT2D eigenvalue weighted by Gasteiger charge is -2.31. The highest BCUT2D eigenvalue weighted by Gasteiger charge is 2.52. The minimum Gasteiger partial charge on any atom is -0.481 e. The number of nitrogens with zero attached hydrogens (tertiary/aromatic N) is 2. The summed E-state index contributed by atoms with van der Waals surface area (Å²) in [7, 11) is 0. The molecule has 4 atom stereocenters. The van der Waals surface area contributed by atoms with Crippen LogP contribution in [0.5, 0.6) is 0 Å². The number of rotatable bonds is 6. The molecule has 0 aromatic carbocycles. The molecular formula is C16H22N2O3. The summed E-state index contributed by atoms with van der Waals surface area (Å²) in [5.74, 6) is -1.72. The van der Waals surface area contributed by atoms with Gasteiger partial charge >= 0.3 is 5.97 Å². The number of hydrogen-bond donors (Lipinski definition) is 1. The van der Waals surface area contributed by atoms with Crippen LogP contribution < -0.4 is 0 Å². The van der Waals surface area contributed by atoms with Gasteiger partial charge in [0, 0.05) is 13.1 Å². The molecule has 1 amide bonds. The van der Waals surface area contributed by atoms with E-state index in [0.29, 0.717) is 19.0 Å². The topological polar surface area (TPSA) is 81.4 Å². The van der Waals surface area contributed by atoms with E-state index in [0.717, 1.165) is 6.42 Å². The van der Waals surface area contributed by atoms with E-state index in [1.807, 2.05) is 26.0 Å². The average molecular weight is 290 g/mol. The number of hydrogen-bond acceptors (Lipinski definition) is 3. The van der Waals surface area contributed by atoms with Crippen LogP contribution in [0.2, 0.25) is 0 Å². The van der Waals surface area contributed by atoms with Gasteiger partial charge < -0.3 is 10.0 Å². The predicted molar refractivity (Wildman–Crippen MR) is 77.0 cm³/mol. The molecular weight excluding hydrogens is 268 g/mol. The summed E-state index contributed by atoms with van der Waals surface area (Å²) >= 11 is 0. The Kier molecular flexibility index (Phi) is 4.66. The number of carbonyl (C=O) groups excluding carboxylic acids is 1. The summed E-state index contributed by atoms with van der Waals surface area (Å²) in [5, 5.41) is 18.2. The van der Waals surface area contributed by atoms with Crippen molar-refractivity contribution in [1.29, 1.82) is 5.26 Å². The fourth-order valence-electron chi connectivity index (χ4n) is 3.62. The second-order valence-corrected chi connectivity index (χ2v) is 6.42. The lowest BCUT2D eigenvalue weighted by atomic mass is 9.82. The van der Waals surface area contributed by atoms with Gasteiger partial charge in [-0.1, -0.05) is 26.0 Å². The first kappa shape index (κ1) is 15.6. The second kappa shape index (κ2) is 6.30. The molecule has 2 unspecified atom stereocenters. The lowest BCUT2D eigenvalue weighted by Crippen LogP contribution is -2.44. The van der Waals surface area contributed by atoms with Crippen LogP contribution in [-0.4, -0.2) is 35.0 Å². The van der Waals surface area contributed by atoms with Gasteiger partial charge in [-0.25, -0.2) is 0 Å². The molecule has 2 bridgehead atoms. The van der Waals surface area contributed by atoms with Crippen LogP contribution >= 0.6 is 0 Å². The quantitative estimate of drug-likeness (QED) is 0.758. The fourth-order valence-corrected chi connectivity index (χ4v) is 3.62. The first-order valence-corrected chi connectivity index (χ1v) is 7.52. The number of carbonyl (C=O) groups is 2. The highest BCUT2D eigenvalue weighted by atomic mass is 16.4. The standard InChI is InChI=1S/C16H22N2O3/c1-10(2)9-18(7-3-6-17)15(19)13-11-4-5-12(8-11)14(13)16(20)21/h4-5,10-14H,3,7-9H2,1-2H3,(H,20,21)/t11?,12?,13-,14+/m0/s1. The van der Waals surface area contributed by atoms with Gasteiger partial charge in [0.25, 0.3) is 0 Å². The molecule has 0 radical (unpaired) electrons. The molecule has 114 valence electrons. The third-order valence-electron chi connectivity index (χ3n) is 4.42. The van der Waals surface area contributed by atoms with Gasteiger partial charge in [0.1, 0.15) is 0 Å². The molecule has 2 rings (SSSR count). The molecule has 21 heavy (non-hydrogen) atoms. The first-order valence-electron chi connectivity index (χ1n) is 7.52. The largest absolute Gasteiger partial charge is 0.481 e. The van der Waals surface area contributed by atoms with E-state index in [4.69, 9.17) is 5.26 Å². The summed E-state index contributed by atoms with van der Waals surface area (Å²) in [6, 6.07) is 2.06. The van der Waals surface area contributed by atoms with E-state index in [2.05, 4.69) is 6.07 Å². The van der Waals surface area contributed by atoms with Crippen molar-refractivity contribution in [1.82, 2.24) is 4.90 Å². The second-order valence-electron chi connectivity index (χ2n) is 6.42. The Labute approximate surface area is 125 Å². The van der Waals surface area contributed by atoms with Crippen LogP contribution in [0, 0.1) is 40.9 Å². The van der Waals surface area contributed by atoms with Crippen LogP contribution in [0.1, 0.15) is 26.7 Å². The molecule has 0 aromatic heterocycles. The molecule has 5 heteroatoms. The molecule has 2 aliphatic carbocycles. The van der Waals surface area contributed by atoms with Crippen molar-refractivity contribution >= 4 is 11.9 Å². The maximum Gasteiger partial charge on any atom is 0.307 e. The van der Waals surface area contributed by atoms with E-state index in [9.17, 15) is 14.7 Å². The minimum absolute atomic E-state index is 0.0154. The van der Waals surface area contributed by atoms with E-state index in [1.165, 1.54) is 0 Å². The number of allylic oxidation sites excluding steroid dienone is 2. The van der Waals surface area contributed by atoms with Crippen molar-refractivity contribution < 1.29 is 14.7 Å². The SMILES string of the molecule is CC(C)CN(CCC#N)C(=O)[C@H]1C2C=CC(C2)[C@H]1C(=O)O. The number of amides is 1. The molecule has 1 N–H and O–H groups in total. The van der Waals surface area contributed by atoms with Crippen molar-refractivity contribution in [2.75, 3.05) is 13.1 Å². The van der Waals surface area contributed by atoms with E-state index in [1.54, 1.807) is 4.90 Å². The lowest BCUT2D eigenvalue weighted by molar-refractivity contribution is -0.151. The predicted octanol–water partition coefficient (Wildman–Crippen LogP) is 1.91. The van der Waals surface area contributed by atoms with Crippen LogP contribution in [0.15, 0.2) is 12.2 Å². The molecule has 1 fully saturated rings. The molecule has 0 spiro atoms. The number of aliphatic carboxylic acids is 1. The van der Waals surface area contributed by atoms with Crippen LogP contribution in [0.3, 0.4) is 0 Å². The van der Waals surface area contributed by atoms with Crippen LogP contribution in [-0.2, 0) is 9.59 Å². The Balaban J connectivity index is 2.17. The van der Waals surface area contributed by atoms with E-state index in [-0.39, 0.29) is 24.2 Å². The third kappa shape index (κ3) is 3.10. The first-order chi connectivity index (χ1) is 9.95. The summed E-state index contributed by atoms with van der Waals surface area (Å²) in [6.45, 7) is 4.99. The van der Waals surface area contributed by atoms with Gasteiger partial charge in [-0.15, -0.1) is 0 Å². The third-order valence-corrected chi connectivity index (χ3v) is 4.42. The Bertz CT molecular complexity index is 492. The maximum absolute atomic E-state index is 12.8. The summed E-state index contributed by atoms with van der Waals surface area (Å²) < 4.78 is 0. The molecule has 0 aromatic rings. The van der Waals surface area contributed by atoms with Gasteiger partial charge in [0.2, 0.25) is 5.91 Å². The molecule has 0 saturated heterocycles. The van der Waals surface area contributed by atoms with Crippen LogP contribution in [0.25, 0.3) is 0 Å². The summed E-state index contributed by atoms with van der Waals surface area (Å²) in [5.41, 5.74) is 0. The number of nitriles is 1. The summed E-state index contributed by atoms with van der Waals surface area (Å²) in [6.07, 6.45) is 4.98. The number of carboxylic acids is 1. The Morgan fingerprint density at radius 3 is 2.48 bits per heavy atom. The normalized spacial score (nSPS) is 29.6. The zero-order valence-corrected chi connectivity index (χ0v) is 12.5. The zero-order valence-electron chi connectivity index (χ0n) is 12.5.